The Morgan fingerprint density at radius 2 is 1.72 bits per heavy atom. The third-order valence-electron chi connectivity index (χ3n) is 4.01. The molecule has 2 aromatic carbocycles. The number of aryl methyl sites for hydroxylation is 2. The number of anilines is 1. The van der Waals surface area contributed by atoms with E-state index < -0.39 is 12.1 Å². The van der Waals surface area contributed by atoms with Crippen LogP contribution in [0.5, 0.6) is 0 Å². The predicted molar refractivity (Wildman–Crippen MR) is 100 cm³/mol. The fourth-order valence-electron chi connectivity index (χ4n) is 2.23. The number of rotatable bonds is 5. The van der Waals surface area contributed by atoms with Gasteiger partial charge < -0.3 is 10.1 Å². The van der Waals surface area contributed by atoms with Gasteiger partial charge in [-0.2, -0.15) is 0 Å². The summed E-state index contributed by atoms with van der Waals surface area (Å²) in [5, 5.41) is 2.80. The Morgan fingerprint density at radius 1 is 1.04 bits per heavy atom. The summed E-state index contributed by atoms with van der Waals surface area (Å²) in [6.45, 7) is 7.46. The van der Waals surface area contributed by atoms with E-state index in [0.29, 0.717) is 0 Å². The molecule has 4 heteroatoms. The van der Waals surface area contributed by atoms with Gasteiger partial charge >= 0.3 is 5.97 Å². The Bertz CT molecular complexity index is 791. The average molecular weight is 337 g/mol. The molecular formula is C21H23NO3. The number of carbonyl (C=O) groups excluding carboxylic acids is 2. The van der Waals surface area contributed by atoms with E-state index in [1.165, 1.54) is 6.08 Å². The highest BCUT2D eigenvalue weighted by atomic mass is 16.5. The molecule has 2 aromatic rings. The van der Waals surface area contributed by atoms with Crippen LogP contribution in [0.15, 0.2) is 48.5 Å². The fourth-order valence-corrected chi connectivity index (χ4v) is 2.23. The maximum Gasteiger partial charge on any atom is 0.331 e. The summed E-state index contributed by atoms with van der Waals surface area (Å²) < 4.78 is 5.16. The van der Waals surface area contributed by atoms with Gasteiger partial charge in [-0.25, -0.2) is 4.79 Å². The van der Waals surface area contributed by atoms with E-state index in [0.717, 1.165) is 27.9 Å². The Labute approximate surface area is 148 Å². The summed E-state index contributed by atoms with van der Waals surface area (Å²) in [6.07, 6.45) is 2.11. The molecule has 130 valence electrons. The molecule has 4 nitrogen and oxygen atoms in total. The standard InChI is InChI=1S/C21H23NO3/c1-14-8-10-18(11-9-14)12-13-20(23)25-17(4)21(24)22-19-7-5-6-15(2)16(19)3/h5-13,17H,1-4H3,(H,22,24)/b13-12+/t17-/m1/s1. The van der Waals surface area contributed by atoms with Crippen molar-refractivity contribution in [3.05, 3.63) is 70.8 Å². The molecule has 0 aliphatic heterocycles. The molecule has 2 rings (SSSR count). The predicted octanol–water partition coefficient (Wildman–Crippen LogP) is 4.20. The lowest BCUT2D eigenvalue weighted by Crippen LogP contribution is -2.29. The molecule has 1 atom stereocenters. The number of hydrogen-bond donors (Lipinski definition) is 1. The van der Waals surface area contributed by atoms with Gasteiger partial charge in [0, 0.05) is 11.8 Å². The van der Waals surface area contributed by atoms with E-state index >= 15 is 0 Å². The van der Waals surface area contributed by atoms with Crippen LogP contribution in [-0.2, 0) is 14.3 Å². The summed E-state index contributed by atoms with van der Waals surface area (Å²) >= 11 is 0. The van der Waals surface area contributed by atoms with Gasteiger partial charge in [0.1, 0.15) is 0 Å². The van der Waals surface area contributed by atoms with Gasteiger partial charge in [0.25, 0.3) is 5.91 Å². The molecule has 0 heterocycles. The first-order chi connectivity index (χ1) is 11.9. The largest absolute Gasteiger partial charge is 0.449 e. The zero-order valence-corrected chi connectivity index (χ0v) is 15.0. The van der Waals surface area contributed by atoms with E-state index in [2.05, 4.69) is 5.32 Å². The molecule has 0 aliphatic carbocycles. The first-order valence-electron chi connectivity index (χ1n) is 8.19. The number of benzene rings is 2. The van der Waals surface area contributed by atoms with Crippen molar-refractivity contribution in [3.8, 4) is 0 Å². The third kappa shape index (κ3) is 5.31. The molecule has 0 saturated carbocycles. The SMILES string of the molecule is Cc1ccc(/C=C/C(=O)O[C@H](C)C(=O)Nc2cccc(C)c2C)cc1. The normalized spacial score (nSPS) is 12.0. The van der Waals surface area contributed by atoms with E-state index in [4.69, 9.17) is 4.74 Å². The van der Waals surface area contributed by atoms with Crippen LogP contribution in [0.1, 0.15) is 29.2 Å². The lowest BCUT2D eigenvalue weighted by molar-refractivity contribution is -0.148. The number of amides is 1. The van der Waals surface area contributed by atoms with Gasteiger partial charge in [-0.1, -0.05) is 42.0 Å². The van der Waals surface area contributed by atoms with E-state index in [-0.39, 0.29) is 5.91 Å². The molecular weight excluding hydrogens is 314 g/mol. The molecule has 1 N–H and O–H groups in total. The van der Waals surface area contributed by atoms with Crippen molar-refractivity contribution < 1.29 is 14.3 Å². The van der Waals surface area contributed by atoms with Crippen LogP contribution in [-0.4, -0.2) is 18.0 Å². The van der Waals surface area contributed by atoms with Crippen LogP contribution in [0.3, 0.4) is 0 Å². The number of carbonyl (C=O) groups is 2. The van der Waals surface area contributed by atoms with E-state index in [9.17, 15) is 9.59 Å². The number of ether oxygens (including phenoxy) is 1. The lowest BCUT2D eigenvalue weighted by Gasteiger charge is -2.14. The Kier molecular flexibility index (Phi) is 6.12. The van der Waals surface area contributed by atoms with Gasteiger partial charge in [0.2, 0.25) is 0 Å². The Hall–Kier alpha value is -2.88. The molecule has 0 bridgehead atoms. The molecule has 1 amide bonds. The number of esters is 1. The van der Waals surface area contributed by atoms with Crippen molar-refractivity contribution in [1.29, 1.82) is 0 Å². The van der Waals surface area contributed by atoms with Gasteiger partial charge in [-0.3, -0.25) is 4.79 Å². The maximum atomic E-state index is 12.2. The molecule has 0 radical (unpaired) electrons. The minimum atomic E-state index is -0.880. The molecule has 25 heavy (non-hydrogen) atoms. The van der Waals surface area contributed by atoms with Crippen LogP contribution < -0.4 is 5.32 Å². The fraction of sp³-hybridized carbons (Fsp3) is 0.238. The topological polar surface area (TPSA) is 55.4 Å². The van der Waals surface area contributed by atoms with Gasteiger partial charge in [0.05, 0.1) is 0 Å². The van der Waals surface area contributed by atoms with E-state index in [1.807, 2.05) is 63.2 Å². The number of hydrogen-bond acceptors (Lipinski definition) is 3. The summed E-state index contributed by atoms with van der Waals surface area (Å²) in [4.78, 5) is 24.1. The minimum Gasteiger partial charge on any atom is -0.449 e. The second-order valence-corrected chi connectivity index (χ2v) is 6.06. The highest BCUT2D eigenvalue weighted by molar-refractivity contribution is 5.97. The van der Waals surface area contributed by atoms with Crippen molar-refractivity contribution in [2.45, 2.75) is 33.8 Å². The second kappa shape index (κ2) is 8.29. The minimum absolute atomic E-state index is 0.356. The molecule has 0 unspecified atom stereocenters. The molecule has 0 fully saturated rings. The van der Waals surface area contributed by atoms with Gasteiger partial charge in [-0.15, -0.1) is 0 Å². The molecule has 0 aliphatic rings. The first-order valence-corrected chi connectivity index (χ1v) is 8.19. The molecule has 0 saturated heterocycles. The van der Waals surface area contributed by atoms with Crippen LogP contribution in [0.2, 0.25) is 0 Å². The number of nitrogens with one attached hydrogen (secondary N) is 1. The van der Waals surface area contributed by atoms with E-state index in [1.54, 1.807) is 13.0 Å². The van der Waals surface area contributed by atoms with Crippen LogP contribution in [0, 0.1) is 20.8 Å². The maximum absolute atomic E-state index is 12.2. The summed E-state index contributed by atoms with van der Waals surface area (Å²) in [5.74, 6) is -0.907. The van der Waals surface area contributed by atoms with Gasteiger partial charge in [0.15, 0.2) is 6.10 Å². The lowest BCUT2D eigenvalue weighted by atomic mass is 10.1. The second-order valence-electron chi connectivity index (χ2n) is 6.06. The summed E-state index contributed by atoms with van der Waals surface area (Å²) in [6, 6.07) is 13.4. The molecule has 0 aromatic heterocycles. The van der Waals surface area contributed by atoms with Crippen molar-refractivity contribution in [2.24, 2.45) is 0 Å². The van der Waals surface area contributed by atoms with Crippen LogP contribution >= 0.6 is 0 Å². The smallest absolute Gasteiger partial charge is 0.331 e. The van der Waals surface area contributed by atoms with Crippen molar-refractivity contribution >= 4 is 23.6 Å². The average Bonchev–Trinajstić information content (AvgIpc) is 2.58. The monoisotopic (exact) mass is 337 g/mol. The first kappa shape index (κ1) is 18.5. The Balaban J connectivity index is 1.92. The zero-order chi connectivity index (χ0) is 18.4. The molecule has 0 spiro atoms. The quantitative estimate of drug-likeness (QED) is 0.657. The van der Waals surface area contributed by atoms with Crippen LogP contribution in [0.25, 0.3) is 6.08 Å². The zero-order valence-electron chi connectivity index (χ0n) is 15.0. The Morgan fingerprint density at radius 3 is 2.40 bits per heavy atom. The van der Waals surface area contributed by atoms with Crippen molar-refractivity contribution in [1.82, 2.24) is 0 Å². The van der Waals surface area contributed by atoms with Crippen molar-refractivity contribution in [3.63, 3.8) is 0 Å². The highest BCUT2D eigenvalue weighted by Gasteiger charge is 2.17. The van der Waals surface area contributed by atoms with Crippen LogP contribution in [0.4, 0.5) is 5.69 Å². The summed E-state index contributed by atoms with van der Waals surface area (Å²) in [5.41, 5.74) is 4.85. The summed E-state index contributed by atoms with van der Waals surface area (Å²) in [7, 11) is 0. The third-order valence-corrected chi connectivity index (χ3v) is 4.01. The van der Waals surface area contributed by atoms with Crippen molar-refractivity contribution in [2.75, 3.05) is 5.32 Å². The van der Waals surface area contributed by atoms with Gasteiger partial charge in [-0.05, 0) is 56.5 Å². The highest BCUT2D eigenvalue weighted by Crippen LogP contribution is 2.18.